The Labute approximate surface area is 109 Å². The molecular formula is C14H21ClN2. The number of halogens is 1. The standard InChI is InChI=1S/C14H21ClN2/c1-10-7-14(9-17(10)3)16-11(2)12-5-4-6-13(15)8-12/h4-6,8,10-11,14,16H,7,9H2,1-3H3/t10?,11-,14?/m1/s1. The van der Waals surface area contributed by atoms with E-state index in [-0.39, 0.29) is 0 Å². The summed E-state index contributed by atoms with van der Waals surface area (Å²) >= 11 is 6.02. The molecule has 0 saturated carbocycles. The lowest BCUT2D eigenvalue weighted by molar-refractivity contribution is 0.325. The number of likely N-dealkylation sites (tertiary alicyclic amines) is 1. The maximum Gasteiger partial charge on any atom is 0.0409 e. The Morgan fingerprint density at radius 1 is 1.47 bits per heavy atom. The van der Waals surface area contributed by atoms with E-state index in [4.69, 9.17) is 11.6 Å². The number of nitrogens with zero attached hydrogens (tertiary/aromatic N) is 1. The fourth-order valence-electron chi connectivity index (χ4n) is 2.54. The van der Waals surface area contributed by atoms with Crippen molar-refractivity contribution in [2.24, 2.45) is 0 Å². The average molecular weight is 253 g/mol. The SMILES string of the molecule is CC1CC(N[C@H](C)c2cccc(Cl)c2)CN1C. The first-order valence-corrected chi connectivity index (χ1v) is 6.66. The summed E-state index contributed by atoms with van der Waals surface area (Å²) in [4.78, 5) is 2.41. The van der Waals surface area contributed by atoms with Crippen LogP contribution < -0.4 is 5.32 Å². The molecule has 1 fully saturated rings. The Hall–Kier alpha value is -0.570. The molecule has 0 aromatic heterocycles. The third-order valence-corrected chi connectivity index (χ3v) is 3.96. The van der Waals surface area contributed by atoms with Crippen molar-refractivity contribution in [3.63, 3.8) is 0 Å². The van der Waals surface area contributed by atoms with Crippen molar-refractivity contribution in [1.29, 1.82) is 0 Å². The zero-order chi connectivity index (χ0) is 12.4. The van der Waals surface area contributed by atoms with Crippen molar-refractivity contribution in [3.8, 4) is 0 Å². The van der Waals surface area contributed by atoms with Gasteiger partial charge in [-0.05, 0) is 45.0 Å². The largest absolute Gasteiger partial charge is 0.306 e. The Morgan fingerprint density at radius 2 is 2.24 bits per heavy atom. The van der Waals surface area contributed by atoms with Gasteiger partial charge >= 0.3 is 0 Å². The topological polar surface area (TPSA) is 15.3 Å². The van der Waals surface area contributed by atoms with Crippen LogP contribution >= 0.6 is 11.6 Å². The smallest absolute Gasteiger partial charge is 0.0409 e. The van der Waals surface area contributed by atoms with Crippen molar-refractivity contribution in [1.82, 2.24) is 10.2 Å². The number of nitrogens with one attached hydrogen (secondary N) is 1. The third-order valence-electron chi connectivity index (χ3n) is 3.72. The van der Waals surface area contributed by atoms with Crippen LogP contribution in [0.3, 0.4) is 0 Å². The van der Waals surface area contributed by atoms with Crippen LogP contribution in [-0.2, 0) is 0 Å². The van der Waals surface area contributed by atoms with Gasteiger partial charge in [-0.25, -0.2) is 0 Å². The zero-order valence-corrected chi connectivity index (χ0v) is 11.5. The molecule has 1 N–H and O–H groups in total. The van der Waals surface area contributed by atoms with Crippen molar-refractivity contribution >= 4 is 11.6 Å². The number of hydrogen-bond donors (Lipinski definition) is 1. The summed E-state index contributed by atoms with van der Waals surface area (Å²) in [5, 5.41) is 4.50. The molecule has 3 atom stereocenters. The Kier molecular flexibility index (Phi) is 4.08. The average Bonchev–Trinajstić information content (AvgIpc) is 2.58. The lowest BCUT2D eigenvalue weighted by Gasteiger charge is -2.19. The third kappa shape index (κ3) is 3.21. The predicted octanol–water partition coefficient (Wildman–Crippen LogP) is 3.08. The quantitative estimate of drug-likeness (QED) is 0.890. The van der Waals surface area contributed by atoms with E-state index in [2.05, 4.69) is 37.2 Å². The number of benzene rings is 1. The molecule has 0 aliphatic carbocycles. The van der Waals surface area contributed by atoms with Crippen LogP contribution in [0.4, 0.5) is 0 Å². The van der Waals surface area contributed by atoms with Crippen LogP contribution in [0.1, 0.15) is 31.9 Å². The highest BCUT2D eigenvalue weighted by atomic mass is 35.5. The fraction of sp³-hybridized carbons (Fsp3) is 0.571. The summed E-state index contributed by atoms with van der Waals surface area (Å²) in [6, 6.07) is 9.73. The zero-order valence-electron chi connectivity index (χ0n) is 10.8. The highest BCUT2D eigenvalue weighted by Gasteiger charge is 2.26. The minimum absolute atomic E-state index is 0.359. The second kappa shape index (κ2) is 5.38. The summed E-state index contributed by atoms with van der Waals surface area (Å²) in [5.74, 6) is 0. The summed E-state index contributed by atoms with van der Waals surface area (Å²) in [5.41, 5.74) is 1.26. The molecule has 1 aromatic carbocycles. The molecule has 1 heterocycles. The Morgan fingerprint density at radius 3 is 2.82 bits per heavy atom. The molecule has 1 aromatic rings. The highest BCUT2D eigenvalue weighted by Crippen LogP contribution is 2.21. The lowest BCUT2D eigenvalue weighted by atomic mass is 10.1. The van der Waals surface area contributed by atoms with Gasteiger partial charge in [0.2, 0.25) is 0 Å². The van der Waals surface area contributed by atoms with Crippen molar-refractivity contribution in [2.45, 2.75) is 38.4 Å². The van der Waals surface area contributed by atoms with Gasteiger partial charge in [-0.2, -0.15) is 0 Å². The number of likely N-dealkylation sites (N-methyl/N-ethyl adjacent to an activating group) is 1. The second-order valence-electron chi connectivity index (χ2n) is 5.16. The molecule has 3 heteroatoms. The van der Waals surface area contributed by atoms with Gasteiger partial charge in [0, 0.05) is 29.7 Å². The maximum atomic E-state index is 6.02. The minimum Gasteiger partial charge on any atom is -0.306 e. The van der Waals surface area contributed by atoms with Crippen LogP contribution in [0.25, 0.3) is 0 Å². The van der Waals surface area contributed by atoms with Crippen molar-refractivity contribution in [2.75, 3.05) is 13.6 Å². The predicted molar refractivity (Wildman–Crippen MR) is 73.5 cm³/mol. The molecule has 1 aliphatic heterocycles. The summed E-state index contributed by atoms with van der Waals surface area (Å²) < 4.78 is 0. The first-order chi connectivity index (χ1) is 8.06. The molecule has 0 bridgehead atoms. The van der Waals surface area contributed by atoms with E-state index in [0.29, 0.717) is 18.1 Å². The van der Waals surface area contributed by atoms with Gasteiger partial charge in [0.05, 0.1) is 0 Å². The van der Waals surface area contributed by atoms with Gasteiger partial charge in [-0.1, -0.05) is 23.7 Å². The van der Waals surface area contributed by atoms with Gasteiger partial charge in [0.1, 0.15) is 0 Å². The monoisotopic (exact) mass is 252 g/mol. The Bertz CT molecular complexity index is 370. The molecule has 0 radical (unpaired) electrons. The summed E-state index contributed by atoms with van der Waals surface area (Å²) in [6.45, 7) is 5.62. The van der Waals surface area contributed by atoms with Crippen LogP contribution in [0.5, 0.6) is 0 Å². The van der Waals surface area contributed by atoms with Crippen LogP contribution in [0, 0.1) is 0 Å². The van der Waals surface area contributed by atoms with Gasteiger partial charge < -0.3 is 10.2 Å². The van der Waals surface area contributed by atoms with E-state index < -0.39 is 0 Å². The maximum absolute atomic E-state index is 6.02. The summed E-state index contributed by atoms with van der Waals surface area (Å²) in [7, 11) is 2.19. The summed E-state index contributed by atoms with van der Waals surface area (Å²) in [6.07, 6.45) is 1.22. The second-order valence-corrected chi connectivity index (χ2v) is 5.60. The van der Waals surface area contributed by atoms with E-state index in [1.54, 1.807) is 0 Å². The molecule has 2 nitrogen and oxygen atoms in total. The first kappa shape index (κ1) is 12.9. The number of rotatable bonds is 3. The minimum atomic E-state index is 0.359. The molecule has 1 saturated heterocycles. The van der Waals surface area contributed by atoms with Gasteiger partial charge in [-0.3, -0.25) is 0 Å². The molecule has 94 valence electrons. The van der Waals surface area contributed by atoms with Gasteiger partial charge in [-0.15, -0.1) is 0 Å². The van der Waals surface area contributed by atoms with E-state index in [0.717, 1.165) is 11.6 Å². The van der Waals surface area contributed by atoms with Gasteiger partial charge in [0.25, 0.3) is 0 Å². The van der Waals surface area contributed by atoms with E-state index in [1.807, 2.05) is 18.2 Å². The normalized spacial score (nSPS) is 27.3. The van der Waals surface area contributed by atoms with E-state index >= 15 is 0 Å². The van der Waals surface area contributed by atoms with Crippen molar-refractivity contribution < 1.29 is 0 Å². The van der Waals surface area contributed by atoms with E-state index in [9.17, 15) is 0 Å². The lowest BCUT2D eigenvalue weighted by Crippen LogP contribution is -2.33. The van der Waals surface area contributed by atoms with Gasteiger partial charge in [0.15, 0.2) is 0 Å². The molecular weight excluding hydrogens is 232 g/mol. The Balaban J connectivity index is 1.96. The molecule has 1 aliphatic rings. The fourth-order valence-corrected chi connectivity index (χ4v) is 2.74. The molecule has 2 unspecified atom stereocenters. The molecule has 2 rings (SSSR count). The first-order valence-electron chi connectivity index (χ1n) is 6.28. The molecule has 0 spiro atoms. The number of hydrogen-bond acceptors (Lipinski definition) is 2. The van der Waals surface area contributed by atoms with Crippen LogP contribution in [0.15, 0.2) is 24.3 Å². The molecule has 0 amide bonds. The highest BCUT2D eigenvalue weighted by molar-refractivity contribution is 6.30. The van der Waals surface area contributed by atoms with Crippen molar-refractivity contribution in [3.05, 3.63) is 34.9 Å². The van der Waals surface area contributed by atoms with Crippen LogP contribution in [0.2, 0.25) is 5.02 Å². The van der Waals surface area contributed by atoms with E-state index in [1.165, 1.54) is 12.0 Å². The van der Waals surface area contributed by atoms with Crippen LogP contribution in [-0.4, -0.2) is 30.6 Å². The molecule has 17 heavy (non-hydrogen) atoms.